The molecule has 0 amide bonds. The van der Waals surface area contributed by atoms with Gasteiger partial charge < -0.3 is 5.73 Å². The van der Waals surface area contributed by atoms with E-state index >= 15 is 0 Å². The molecule has 1 atom stereocenters. The third-order valence-corrected chi connectivity index (χ3v) is 4.58. The zero-order valence-electron chi connectivity index (χ0n) is 9.36. The van der Waals surface area contributed by atoms with Gasteiger partial charge in [0.05, 0.1) is 0 Å². The lowest BCUT2D eigenvalue weighted by molar-refractivity contribution is 0.622. The maximum Gasteiger partial charge on any atom is 0.123 e. The van der Waals surface area contributed by atoms with Crippen LogP contribution in [0.3, 0.4) is 0 Å². The van der Waals surface area contributed by atoms with Crippen molar-refractivity contribution < 1.29 is 4.39 Å². The number of rotatable bonds is 4. The average Bonchev–Trinajstić information content (AvgIpc) is 2.78. The monoisotopic (exact) mass is 239 g/mol. The van der Waals surface area contributed by atoms with Crippen molar-refractivity contribution in [1.82, 2.24) is 0 Å². The van der Waals surface area contributed by atoms with Crippen LogP contribution in [0, 0.1) is 5.82 Å². The number of hydrogen-bond donors (Lipinski definition) is 1. The highest BCUT2D eigenvalue weighted by Crippen LogP contribution is 2.31. The molecule has 16 heavy (non-hydrogen) atoms. The summed E-state index contributed by atoms with van der Waals surface area (Å²) in [6.07, 6.45) is 5.35. The maximum absolute atomic E-state index is 13.0. The molecule has 0 spiro atoms. The van der Waals surface area contributed by atoms with Crippen molar-refractivity contribution in [3.8, 4) is 0 Å². The number of thioether (sulfide) groups is 1. The second-order valence-corrected chi connectivity index (χ2v) is 5.73. The Labute approximate surface area is 101 Å². The summed E-state index contributed by atoms with van der Waals surface area (Å²) >= 11 is 1.95. The van der Waals surface area contributed by atoms with Crippen molar-refractivity contribution in [2.75, 3.05) is 5.75 Å². The van der Waals surface area contributed by atoms with Gasteiger partial charge in [0.2, 0.25) is 0 Å². The molecule has 1 aromatic rings. The van der Waals surface area contributed by atoms with E-state index in [1.807, 2.05) is 17.8 Å². The first-order valence-electron chi connectivity index (χ1n) is 5.88. The van der Waals surface area contributed by atoms with Gasteiger partial charge in [-0.2, -0.15) is 11.8 Å². The Morgan fingerprint density at radius 1 is 1.38 bits per heavy atom. The molecule has 2 rings (SSSR count). The van der Waals surface area contributed by atoms with Crippen LogP contribution < -0.4 is 5.73 Å². The molecule has 2 N–H and O–H groups in total. The first-order valence-corrected chi connectivity index (χ1v) is 6.93. The molecule has 3 heteroatoms. The van der Waals surface area contributed by atoms with Crippen LogP contribution in [0.4, 0.5) is 4.39 Å². The van der Waals surface area contributed by atoms with Crippen molar-refractivity contribution in [2.24, 2.45) is 5.73 Å². The van der Waals surface area contributed by atoms with Gasteiger partial charge in [0.15, 0.2) is 0 Å². The van der Waals surface area contributed by atoms with Gasteiger partial charge in [-0.15, -0.1) is 0 Å². The van der Waals surface area contributed by atoms with Crippen molar-refractivity contribution in [3.63, 3.8) is 0 Å². The summed E-state index contributed by atoms with van der Waals surface area (Å²) in [5.41, 5.74) is 6.96. The van der Waals surface area contributed by atoms with Crippen molar-refractivity contribution in [3.05, 3.63) is 35.6 Å². The third-order valence-electron chi connectivity index (χ3n) is 3.09. The Hall–Kier alpha value is -0.540. The fourth-order valence-electron chi connectivity index (χ4n) is 2.13. The normalized spacial score (nSPS) is 18.9. The Morgan fingerprint density at radius 3 is 2.81 bits per heavy atom. The Kier molecular flexibility index (Phi) is 4.24. The largest absolute Gasteiger partial charge is 0.323 e. The number of benzene rings is 1. The maximum atomic E-state index is 13.0. The van der Waals surface area contributed by atoms with Crippen LogP contribution in [-0.2, 0) is 0 Å². The first-order chi connectivity index (χ1) is 7.75. The molecule has 1 fully saturated rings. The summed E-state index contributed by atoms with van der Waals surface area (Å²) in [4.78, 5) is 0. The van der Waals surface area contributed by atoms with Crippen LogP contribution in [0.25, 0.3) is 0 Å². The van der Waals surface area contributed by atoms with Crippen molar-refractivity contribution in [2.45, 2.75) is 37.0 Å². The molecule has 0 aromatic heterocycles. The zero-order chi connectivity index (χ0) is 11.4. The van der Waals surface area contributed by atoms with E-state index in [1.165, 1.54) is 31.7 Å². The van der Waals surface area contributed by atoms with Gasteiger partial charge in [-0.3, -0.25) is 0 Å². The summed E-state index contributed by atoms with van der Waals surface area (Å²) in [7, 11) is 0. The molecular weight excluding hydrogens is 221 g/mol. The molecule has 0 heterocycles. The summed E-state index contributed by atoms with van der Waals surface area (Å²) < 4.78 is 13.0. The average molecular weight is 239 g/mol. The topological polar surface area (TPSA) is 26.0 Å². The molecule has 1 aliphatic carbocycles. The van der Waals surface area contributed by atoms with Crippen LogP contribution in [-0.4, -0.2) is 11.0 Å². The van der Waals surface area contributed by atoms with Gasteiger partial charge in [0.25, 0.3) is 0 Å². The predicted octanol–water partition coefficient (Wildman–Crippen LogP) is 3.50. The van der Waals surface area contributed by atoms with Crippen molar-refractivity contribution in [1.29, 1.82) is 0 Å². The van der Waals surface area contributed by atoms with Gasteiger partial charge >= 0.3 is 0 Å². The Bertz CT molecular complexity index is 336. The van der Waals surface area contributed by atoms with Crippen LogP contribution >= 0.6 is 11.8 Å². The predicted molar refractivity (Wildman–Crippen MR) is 68.0 cm³/mol. The lowest BCUT2D eigenvalue weighted by Gasteiger charge is -2.14. The lowest BCUT2D eigenvalue weighted by atomic mass is 10.1. The Morgan fingerprint density at radius 2 is 2.12 bits per heavy atom. The molecular formula is C13H18FNS. The molecule has 0 saturated heterocycles. The van der Waals surface area contributed by atoms with Gasteiger partial charge in [-0.25, -0.2) is 4.39 Å². The summed E-state index contributed by atoms with van der Waals surface area (Å²) in [6.45, 7) is 0. The summed E-state index contributed by atoms with van der Waals surface area (Å²) in [5, 5.41) is 0.777. The van der Waals surface area contributed by atoms with Crippen LogP contribution in [0.1, 0.15) is 37.3 Å². The van der Waals surface area contributed by atoms with E-state index in [1.54, 1.807) is 12.1 Å². The van der Waals surface area contributed by atoms with Gasteiger partial charge in [0.1, 0.15) is 5.82 Å². The van der Waals surface area contributed by atoms with E-state index in [0.717, 1.165) is 16.6 Å². The standard InChI is InChI=1S/C13H18FNS/c14-11-5-3-4-10(8-11)13(15)9-16-12-6-1-2-7-12/h3-5,8,12-13H,1-2,6-7,9,15H2. The molecule has 1 saturated carbocycles. The van der Waals surface area contributed by atoms with Crippen molar-refractivity contribution >= 4 is 11.8 Å². The van der Waals surface area contributed by atoms with E-state index in [-0.39, 0.29) is 11.9 Å². The number of nitrogens with two attached hydrogens (primary N) is 1. The van der Waals surface area contributed by atoms with E-state index in [0.29, 0.717) is 0 Å². The minimum absolute atomic E-state index is 0.0405. The molecule has 1 unspecified atom stereocenters. The summed E-state index contributed by atoms with van der Waals surface area (Å²) in [5.74, 6) is 0.701. The molecule has 0 bridgehead atoms. The molecule has 88 valence electrons. The highest BCUT2D eigenvalue weighted by Gasteiger charge is 2.17. The third kappa shape index (κ3) is 3.22. The highest BCUT2D eigenvalue weighted by atomic mass is 32.2. The number of hydrogen-bond acceptors (Lipinski definition) is 2. The van der Waals surface area contributed by atoms with Gasteiger partial charge in [-0.05, 0) is 30.5 Å². The minimum Gasteiger partial charge on any atom is -0.323 e. The molecule has 1 nitrogen and oxygen atoms in total. The molecule has 0 radical (unpaired) electrons. The minimum atomic E-state index is -0.196. The van der Waals surface area contributed by atoms with Crippen LogP contribution in [0.2, 0.25) is 0 Å². The van der Waals surface area contributed by atoms with E-state index < -0.39 is 0 Å². The zero-order valence-corrected chi connectivity index (χ0v) is 10.2. The quantitative estimate of drug-likeness (QED) is 0.870. The Balaban J connectivity index is 1.85. The van der Waals surface area contributed by atoms with Crippen LogP contribution in [0.5, 0.6) is 0 Å². The second kappa shape index (κ2) is 5.69. The smallest absolute Gasteiger partial charge is 0.123 e. The first kappa shape index (κ1) is 11.9. The molecule has 0 aliphatic heterocycles. The van der Waals surface area contributed by atoms with E-state index in [4.69, 9.17) is 5.73 Å². The number of halogens is 1. The van der Waals surface area contributed by atoms with E-state index in [2.05, 4.69) is 0 Å². The van der Waals surface area contributed by atoms with Gasteiger partial charge in [-0.1, -0.05) is 25.0 Å². The fourth-order valence-corrected chi connectivity index (χ4v) is 3.47. The second-order valence-electron chi connectivity index (χ2n) is 4.40. The van der Waals surface area contributed by atoms with Gasteiger partial charge in [0, 0.05) is 17.0 Å². The molecule has 1 aromatic carbocycles. The highest BCUT2D eigenvalue weighted by molar-refractivity contribution is 7.99. The SMILES string of the molecule is NC(CSC1CCCC1)c1cccc(F)c1. The lowest BCUT2D eigenvalue weighted by Crippen LogP contribution is -2.14. The molecule has 1 aliphatic rings. The van der Waals surface area contributed by atoms with E-state index in [9.17, 15) is 4.39 Å². The summed E-state index contributed by atoms with van der Waals surface area (Å²) in [6, 6.07) is 6.59. The van der Waals surface area contributed by atoms with Crippen LogP contribution in [0.15, 0.2) is 24.3 Å². The fraction of sp³-hybridized carbons (Fsp3) is 0.538.